The van der Waals surface area contributed by atoms with Crippen molar-refractivity contribution < 1.29 is 4.39 Å². The molecule has 1 unspecified atom stereocenters. The lowest BCUT2D eigenvalue weighted by atomic mass is 9.96. The molecule has 0 amide bonds. The van der Waals surface area contributed by atoms with Crippen LogP contribution in [0, 0.1) is 19.7 Å². The van der Waals surface area contributed by atoms with Gasteiger partial charge in [0.25, 0.3) is 0 Å². The van der Waals surface area contributed by atoms with E-state index in [1.165, 1.54) is 5.56 Å². The van der Waals surface area contributed by atoms with Crippen LogP contribution in [0.3, 0.4) is 0 Å². The fourth-order valence-corrected chi connectivity index (χ4v) is 2.55. The van der Waals surface area contributed by atoms with Crippen LogP contribution in [0.4, 0.5) is 4.39 Å². The predicted molar refractivity (Wildman–Crippen MR) is 84.2 cm³/mol. The minimum absolute atomic E-state index is 0.0617. The van der Waals surface area contributed by atoms with E-state index in [1.54, 1.807) is 12.1 Å². The molecule has 0 radical (unpaired) electrons. The molecule has 2 nitrogen and oxygen atoms in total. The van der Waals surface area contributed by atoms with E-state index in [2.05, 4.69) is 21.4 Å². The largest absolute Gasteiger partial charge is 0.271 e. The van der Waals surface area contributed by atoms with Gasteiger partial charge in [-0.3, -0.25) is 5.84 Å². The number of aryl methyl sites for hydroxylation is 2. The molecule has 20 heavy (non-hydrogen) atoms. The highest BCUT2D eigenvalue weighted by atomic mass is 79.9. The van der Waals surface area contributed by atoms with E-state index in [1.807, 2.05) is 32.0 Å². The van der Waals surface area contributed by atoms with Crippen molar-refractivity contribution in [2.45, 2.75) is 19.9 Å². The van der Waals surface area contributed by atoms with E-state index >= 15 is 0 Å². The standard InChI is InChI=1S/C15H15BrClFN2/c1-8-3-4-10(7-9(8)2)15(20-19)11-5-6-12(16)13(17)14(11)18/h3-7,15,20H,19H2,1-2H3. The summed E-state index contributed by atoms with van der Waals surface area (Å²) in [5, 5.41) is 0.0617. The van der Waals surface area contributed by atoms with Crippen LogP contribution in [-0.4, -0.2) is 0 Å². The van der Waals surface area contributed by atoms with E-state index in [0.29, 0.717) is 10.0 Å². The molecule has 0 heterocycles. The average Bonchev–Trinajstić information content (AvgIpc) is 2.43. The molecule has 3 N–H and O–H groups in total. The molecule has 2 rings (SSSR count). The van der Waals surface area contributed by atoms with Crippen LogP contribution >= 0.6 is 27.5 Å². The lowest BCUT2D eigenvalue weighted by Crippen LogP contribution is -2.29. The van der Waals surface area contributed by atoms with Gasteiger partial charge in [0.15, 0.2) is 0 Å². The lowest BCUT2D eigenvalue weighted by Gasteiger charge is -2.19. The smallest absolute Gasteiger partial charge is 0.148 e. The third-order valence-electron chi connectivity index (χ3n) is 3.41. The van der Waals surface area contributed by atoms with Crippen molar-refractivity contribution in [2.75, 3.05) is 0 Å². The minimum atomic E-state index is -0.470. The number of hydrazine groups is 1. The third kappa shape index (κ3) is 2.88. The molecule has 0 aliphatic rings. The Morgan fingerprint density at radius 1 is 1.20 bits per heavy atom. The first kappa shape index (κ1) is 15.4. The normalized spacial score (nSPS) is 12.5. The second-order valence-electron chi connectivity index (χ2n) is 4.71. The second kappa shape index (κ2) is 6.22. The molecule has 0 spiro atoms. The molecule has 0 bridgehead atoms. The molecule has 5 heteroatoms. The molecule has 2 aromatic carbocycles. The third-order valence-corrected chi connectivity index (χ3v) is 4.67. The lowest BCUT2D eigenvalue weighted by molar-refractivity contribution is 0.559. The van der Waals surface area contributed by atoms with Crippen molar-refractivity contribution >= 4 is 27.5 Å². The molecule has 0 aromatic heterocycles. The molecule has 106 valence electrons. The Balaban J connectivity index is 2.52. The highest BCUT2D eigenvalue weighted by molar-refractivity contribution is 9.10. The molecule has 0 aliphatic carbocycles. The fraction of sp³-hybridized carbons (Fsp3) is 0.200. The van der Waals surface area contributed by atoms with E-state index in [4.69, 9.17) is 17.4 Å². The van der Waals surface area contributed by atoms with E-state index in [9.17, 15) is 4.39 Å². The number of benzene rings is 2. The van der Waals surface area contributed by atoms with Crippen LogP contribution in [0.25, 0.3) is 0 Å². The Morgan fingerprint density at radius 3 is 2.50 bits per heavy atom. The quantitative estimate of drug-likeness (QED) is 0.485. The first-order valence-electron chi connectivity index (χ1n) is 6.12. The summed E-state index contributed by atoms with van der Waals surface area (Å²) < 4.78 is 14.8. The molecule has 0 saturated heterocycles. The van der Waals surface area contributed by atoms with E-state index < -0.39 is 11.9 Å². The summed E-state index contributed by atoms with van der Waals surface area (Å²) >= 11 is 9.14. The monoisotopic (exact) mass is 356 g/mol. The second-order valence-corrected chi connectivity index (χ2v) is 5.94. The SMILES string of the molecule is Cc1ccc(C(NN)c2ccc(Br)c(Cl)c2F)cc1C. The van der Waals surface area contributed by atoms with Gasteiger partial charge in [-0.25, -0.2) is 9.82 Å². The molecule has 1 atom stereocenters. The first-order chi connectivity index (χ1) is 9.45. The molecule has 0 saturated carbocycles. The summed E-state index contributed by atoms with van der Waals surface area (Å²) in [6.45, 7) is 4.04. The Hall–Kier alpha value is -0.940. The van der Waals surface area contributed by atoms with Gasteiger partial charge in [-0.05, 0) is 52.5 Å². The van der Waals surface area contributed by atoms with E-state index in [-0.39, 0.29) is 5.02 Å². The summed E-state index contributed by atoms with van der Waals surface area (Å²) in [6, 6.07) is 8.86. The first-order valence-corrected chi connectivity index (χ1v) is 7.29. The van der Waals surface area contributed by atoms with Crippen LogP contribution in [0.1, 0.15) is 28.3 Å². The van der Waals surface area contributed by atoms with Gasteiger partial charge in [0.1, 0.15) is 5.82 Å². The predicted octanol–water partition coefficient (Wildman–Crippen LogP) is 4.41. The molecule has 2 aromatic rings. The number of rotatable bonds is 3. The Kier molecular flexibility index (Phi) is 4.81. The Bertz CT molecular complexity index is 646. The number of hydrogen-bond acceptors (Lipinski definition) is 2. The van der Waals surface area contributed by atoms with Gasteiger partial charge in [0.2, 0.25) is 0 Å². The van der Waals surface area contributed by atoms with Gasteiger partial charge in [-0.1, -0.05) is 35.9 Å². The van der Waals surface area contributed by atoms with Gasteiger partial charge < -0.3 is 0 Å². The van der Waals surface area contributed by atoms with Crippen molar-refractivity contribution in [3.05, 3.63) is 67.9 Å². The van der Waals surface area contributed by atoms with Gasteiger partial charge >= 0.3 is 0 Å². The number of nitrogens with one attached hydrogen (secondary N) is 1. The summed E-state index contributed by atoms with van der Waals surface area (Å²) in [5.74, 6) is 5.14. The number of halogens is 3. The molecular weight excluding hydrogens is 343 g/mol. The van der Waals surface area contributed by atoms with Crippen LogP contribution in [0.2, 0.25) is 5.02 Å². The topological polar surface area (TPSA) is 38.0 Å². The van der Waals surface area contributed by atoms with Crippen LogP contribution in [0.15, 0.2) is 34.8 Å². The summed E-state index contributed by atoms with van der Waals surface area (Å²) in [6.07, 6.45) is 0. The summed E-state index contributed by atoms with van der Waals surface area (Å²) in [7, 11) is 0. The minimum Gasteiger partial charge on any atom is -0.271 e. The molecular formula is C15H15BrClFN2. The van der Waals surface area contributed by atoms with Gasteiger partial charge in [-0.15, -0.1) is 0 Å². The van der Waals surface area contributed by atoms with Gasteiger partial charge in [0, 0.05) is 10.0 Å². The Labute approximate surface area is 131 Å². The van der Waals surface area contributed by atoms with Crippen molar-refractivity contribution in [1.82, 2.24) is 5.43 Å². The zero-order chi connectivity index (χ0) is 14.9. The Morgan fingerprint density at radius 2 is 1.90 bits per heavy atom. The van der Waals surface area contributed by atoms with E-state index in [0.717, 1.165) is 11.1 Å². The van der Waals surface area contributed by atoms with Crippen LogP contribution in [-0.2, 0) is 0 Å². The maximum Gasteiger partial charge on any atom is 0.148 e. The van der Waals surface area contributed by atoms with Crippen LogP contribution < -0.4 is 11.3 Å². The van der Waals surface area contributed by atoms with Crippen molar-refractivity contribution in [1.29, 1.82) is 0 Å². The fourth-order valence-electron chi connectivity index (χ4n) is 2.07. The zero-order valence-electron chi connectivity index (χ0n) is 11.2. The molecule has 0 fully saturated rings. The number of nitrogens with two attached hydrogens (primary N) is 1. The summed E-state index contributed by atoms with van der Waals surface area (Å²) in [4.78, 5) is 0. The maximum atomic E-state index is 14.3. The van der Waals surface area contributed by atoms with Gasteiger partial charge in [0.05, 0.1) is 11.1 Å². The highest BCUT2D eigenvalue weighted by Crippen LogP contribution is 2.33. The summed E-state index contributed by atoms with van der Waals surface area (Å²) in [5.41, 5.74) is 6.28. The zero-order valence-corrected chi connectivity index (χ0v) is 13.5. The highest BCUT2D eigenvalue weighted by Gasteiger charge is 2.20. The maximum absolute atomic E-state index is 14.3. The van der Waals surface area contributed by atoms with Crippen molar-refractivity contribution in [3.63, 3.8) is 0 Å². The average molecular weight is 358 g/mol. The van der Waals surface area contributed by atoms with Crippen molar-refractivity contribution in [3.8, 4) is 0 Å². The van der Waals surface area contributed by atoms with Crippen LogP contribution in [0.5, 0.6) is 0 Å². The number of hydrogen-bond donors (Lipinski definition) is 2. The van der Waals surface area contributed by atoms with Gasteiger partial charge in [-0.2, -0.15) is 0 Å². The molecule has 0 aliphatic heterocycles. The van der Waals surface area contributed by atoms with Crippen molar-refractivity contribution in [2.24, 2.45) is 5.84 Å².